The number of aromatic nitrogens is 1. The summed E-state index contributed by atoms with van der Waals surface area (Å²) in [6.07, 6.45) is 1.45. The molecule has 1 aromatic carbocycles. The minimum absolute atomic E-state index is 0.0132. The summed E-state index contributed by atoms with van der Waals surface area (Å²) in [6, 6.07) is 9.16. The molecule has 0 atom stereocenters. The number of hydrogen-bond acceptors (Lipinski definition) is 3. The molecule has 0 unspecified atom stereocenters. The third kappa shape index (κ3) is 2.88. The van der Waals surface area contributed by atoms with Crippen LogP contribution in [0.3, 0.4) is 0 Å². The Bertz CT molecular complexity index is 705. The minimum Gasteiger partial charge on any atom is -0.502 e. The highest BCUT2D eigenvalue weighted by Crippen LogP contribution is 2.10. The fourth-order valence-corrected chi connectivity index (χ4v) is 1.90. The Balaban J connectivity index is 2.13. The monoisotopic (exact) mass is 272 g/mol. The van der Waals surface area contributed by atoms with E-state index in [0.717, 1.165) is 11.1 Å². The summed E-state index contributed by atoms with van der Waals surface area (Å²) in [6.45, 7) is 2.31. The zero-order valence-corrected chi connectivity index (χ0v) is 11.4. The summed E-state index contributed by atoms with van der Waals surface area (Å²) < 4.78 is 1.21. The van der Waals surface area contributed by atoms with Crippen LogP contribution in [-0.2, 0) is 13.6 Å². The van der Waals surface area contributed by atoms with Gasteiger partial charge in [0.25, 0.3) is 11.5 Å². The van der Waals surface area contributed by atoms with Crippen LogP contribution in [0.2, 0.25) is 0 Å². The number of aryl methyl sites for hydroxylation is 2. The lowest BCUT2D eigenvalue weighted by Gasteiger charge is -2.08. The van der Waals surface area contributed by atoms with Gasteiger partial charge in [-0.2, -0.15) is 0 Å². The number of rotatable bonds is 3. The molecule has 0 bridgehead atoms. The van der Waals surface area contributed by atoms with Gasteiger partial charge in [0, 0.05) is 19.8 Å². The first-order chi connectivity index (χ1) is 9.49. The van der Waals surface area contributed by atoms with Crippen molar-refractivity contribution in [3.8, 4) is 5.75 Å². The largest absolute Gasteiger partial charge is 0.502 e. The molecule has 20 heavy (non-hydrogen) atoms. The molecule has 0 fully saturated rings. The number of aromatic hydroxyl groups is 1. The third-order valence-electron chi connectivity index (χ3n) is 3.02. The minimum atomic E-state index is -0.590. The molecule has 0 aliphatic rings. The normalized spacial score (nSPS) is 10.3. The van der Waals surface area contributed by atoms with Crippen LogP contribution in [0.4, 0.5) is 0 Å². The summed E-state index contributed by atoms with van der Waals surface area (Å²) in [4.78, 5) is 23.5. The van der Waals surface area contributed by atoms with Gasteiger partial charge in [0.1, 0.15) is 0 Å². The number of carbonyl (C=O) groups excluding carboxylic acids is 1. The average Bonchev–Trinajstić information content (AvgIpc) is 2.42. The molecule has 1 aromatic heterocycles. The van der Waals surface area contributed by atoms with E-state index < -0.39 is 17.2 Å². The summed E-state index contributed by atoms with van der Waals surface area (Å²) >= 11 is 0. The first-order valence-corrected chi connectivity index (χ1v) is 6.21. The number of hydrogen-bond donors (Lipinski definition) is 2. The average molecular weight is 272 g/mol. The standard InChI is InChI=1S/C15H16N2O3/c1-10-4-3-5-11(8-10)9-16-14(19)12-6-7-17(2)15(20)13(12)18/h3-8,18H,9H2,1-2H3,(H,16,19). The van der Waals surface area contributed by atoms with Gasteiger partial charge in [0.2, 0.25) is 0 Å². The lowest BCUT2D eigenvalue weighted by molar-refractivity contribution is 0.0947. The van der Waals surface area contributed by atoms with Crippen LogP contribution in [0, 0.1) is 6.92 Å². The van der Waals surface area contributed by atoms with Gasteiger partial charge in [-0.05, 0) is 18.6 Å². The fourth-order valence-electron chi connectivity index (χ4n) is 1.90. The molecular weight excluding hydrogens is 256 g/mol. The number of pyridine rings is 1. The Morgan fingerprint density at radius 1 is 1.35 bits per heavy atom. The molecule has 5 nitrogen and oxygen atoms in total. The van der Waals surface area contributed by atoms with Crippen molar-refractivity contribution in [1.82, 2.24) is 9.88 Å². The van der Waals surface area contributed by atoms with Crippen LogP contribution in [-0.4, -0.2) is 15.6 Å². The van der Waals surface area contributed by atoms with E-state index in [1.807, 2.05) is 31.2 Å². The van der Waals surface area contributed by atoms with Crippen molar-refractivity contribution in [2.45, 2.75) is 13.5 Å². The number of carbonyl (C=O) groups is 1. The Kier molecular flexibility index (Phi) is 3.89. The highest BCUT2D eigenvalue weighted by molar-refractivity contribution is 5.96. The van der Waals surface area contributed by atoms with Crippen molar-refractivity contribution in [3.05, 3.63) is 63.6 Å². The van der Waals surface area contributed by atoms with E-state index in [-0.39, 0.29) is 5.56 Å². The van der Waals surface area contributed by atoms with Gasteiger partial charge in [0.05, 0.1) is 5.56 Å². The second-order valence-corrected chi connectivity index (χ2v) is 4.67. The van der Waals surface area contributed by atoms with E-state index >= 15 is 0 Å². The fraction of sp³-hybridized carbons (Fsp3) is 0.200. The van der Waals surface area contributed by atoms with Gasteiger partial charge in [-0.3, -0.25) is 9.59 Å². The molecule has 0 aliphatic heterocycles. The Morgan fingerprint density at radius 2 is 2.10 bits per heavy atom. The van der Waals surface area contributed by atoms with Crippen LogP contribution in [0.15, 0.2) is 41.3 Å². The van der Waals surface area contributed by atoms with E-state index in [0.29, 0.717) is 6.54 Å². The lowest BCUT2D eigenvalue weighted by atomic mass is 10.1. The summed E-state index contributed by atoms with van der Waals surface area (Å²) in [5, 5.41) is 12.4. The molecule has 1 amide bonds. The molecule has 1 heterocycles. The van der Waals surface area contributed by atoms with Crippen LogP contribution in [0.25, 0.3) is 0 Å². The van der Waals surface area contributed by atoms with Gasteiger partial charge in [-0.15, -0.1) is 0 Å². The lowest BCUT2D eigenvalue weighted by Crippen LogP contribution is -2.26. The Hall–Kier alpha value is -2.56. The van der Waals surface area contributed by atoms with E-state index in [1.165, 1.54) is 23.9 Å². The van der Waals surface area contributed by atoms with Gasteiger partial charge >= 0.3 is 0 Å². The number of benzene rings is 1. The quantitative estimate of drug-likeness (QED) is 0.885. The predicted molar refractivity (Wildman–Crippen MR) is 75.7 cm³/mol. The zero-order chi connectivity index (χ0) is 14.7. The number of nitrogens with zero attached hydrogens (tertiary/aromatic N) is 1. The summed E-state index contributed by atoms with van der Waals surface area (Å²) in [7, 11) is 1.51. The summed E-state index contributed by atoms with van der Waals surface area (Å²) in [5.74, 6) is -1.00. The molecule has 104 valence electrons. The van der Waals surface area contributed by atoms with Crippen molar-refractivity contribution in [2.24, 2.45) is 7.05 Å². The molecule has 2 aromatic rings. The molecule has 0 saturated heterocycles. The predicted octanol–water partition coefficient (Wildman–Crippen LogP) is 1.33. The molecule has 0 radical (unpaired) electrons. The molecular formula is C15H16N2O3. The molecule has 0 aliphatic carbocycles. The van der Waals surface area contributed by atoms with Crippen LogP contribution in [0.1, 0.15) is 21.5 Å². The van der Waals surface area contributed by atoms with Crippen LogP contribution >= 0.6 is 0 Å². The first-order valence-electron chi connectivity index (χ1n) is 6.21. The second kappa shape index (κ2) is 5.61. The maximum Gasteiger partial charge on any atom is 0.293 e. The van der Waals surface area contributed by atoms with Gasteiger partial charge < -0.3 is 15.0 Å². The molecule has 2 N–H and O–H groups in total. The maximum atomic E-state index is 12.0. The van der Waals surface area contributed by atoms with E-state index in [4.69, 9.17) is 0 Å². The summed E-state index contributed by atoms with van der Waals surface area (Å²) in [5.41, 5.74) is 1.46. The first kappa shape index (κ1) is 13.9. The maximum absolute atomic E-state index is 12.0. The van der Waals surface area contributed by atoms with Crippen LogP contribution in [0.5, 0.6) is 5.75 Å². The molecule has 0 saturated carbocycles. The van der Waals surface area contributed by atoms with Crippen molar-refractivity contribution in [2.75, 3.05) is 0 Å². The Labute approximate surface area is 116 Å². The molecule has 0 spiro atoms. The highest BCUT2D eigenvalue weighted by atomic mass is 16.3. The smallest absolute Gasteiger partial charge is 0.293 e. The van der Waals surface area contributed by atoms with Gasteiger partial charge in [-0.1, -0.05) is 29.8 Å². The van der Waals surface area contributed by atoms with Crippen molar-refractivity contribution < 1.29 is 9.90 Å². The second-order valence-electron chi connectivity index (χ2n) is 4.67. The molecule has 2 rings (SSSR count). The number of nitrogens with one attached hydrogen (secondary N) is 1. The van der Waals surface area contributed by atoms with E-state index in [9.17, 15) is 14.7 Å². The number of amides is 1. The molecule has 5 heteroatoms. The van der Waals surface area contributed by atoms with Crippen LogP contribution < -0.4 is 10.9 Å². The Morgan fingerprint density at radius 3 is 2.80 bits per heavy atom. The third-order valence-corrected chi connectivity index (χ3v) is 3.02. The SMILES string of the molecule is Cc1cccc(CNC(=O)c2ccn(C)c(=O)c2O)c1. The topological polar surface area (TPSA) is 71.3 Å². The van der Waals surface area contributed by atoms with Gasteiger partial charge in [0.15, 0.2) is 5.75 Å². The highest BCUT2D eigenvalue weighted by Gasteiger charge is 2.14. The zero-order valence-electron chi connectivity index (χ0n) is 11.4. The van der Waals surface area contributed by atoms with Crippen molar-refractivity contribution in [1.29, 1.82) is 0 Å². The van der Waals surface area contributed by atoms with Gasteiger partial charge in [-0.25, -0.2) is 0 Å². The van der Waals surface area contributed by atoms with Crippen molar-refractivity contribution >= 4 is 5.91 Å². The van der Waals surface area contributed by atoms with E-state index in [1.54, 1.807) is 0 Å². The van der Waals surface area contributed by atoms with Crippen molar-refractivity contribution in [3.63, 3.8) is 0 Å². The van der Waals surface area contributed by atoms with E-state index in [2.05, 4.69) is 5.32 Å².